The first-order chi connectivity index (χ1) is 9.10. The Morgan fingerprint density at radius 1 is 1.25 bits per heavy atom. The van der Waals surface area contributed by atoms with Crippen molar-refractivity contribution in [2.45, 2.75) is 25.5 Å². The Morgan fingerprint density at radius 3 is 2.25 bits per heavy atom. The molecule has 0 aliphatic rings. The molecule has 0 amide bonds. The van der Waals surface area contributed by atoms with Crippen LogP contribution in [0.2, 0.25) is 0 Å². The van der Waals surface area contributed by atoms with E-state index in [-0.39, 0.29) is 5.69 Å². The van der Waals surface area contributed by atoms with Gasteiger partial charge in [0.1, 0.15) is 5.56 Å². The van der Waals surface area contributed by atoms with Crippen LogP contribution in [0.5, 0.6) is 5.75 Å². The molecule has 0 bridgehead atoms. The van der Waals surface area contributed by atoms with Gasteiger partial charge in [0.05, 0.1) is 24.4 Å². The van der Waals surface area contributed by atoms with Crippen molar-refractivity contribution in [1.29, 1.82) is 5.26 Å². The molecule has 0 radical (unpaired) electrons. The van der Waals surface area contributed by atoms with Crippen LogP contribution in [0.15, 0.2) is 6.20 Å². The van der Waals surface area contributed by atoms with Gasteiger partial charge in [-0.25, -0.2) is 0 Å². The number of aromatic nitrogens is 1. The highest BCUT2D eigenvalue weighted by molar-refractivity contribution is 5.44. The number of nitrogens with two attached hydrogens (primary N) is 1. The molecule has 1 heterocycles. The summed E-state index contributed by atoms with van der Waals surface area (Å²) in [6, 6.07) is 1.43. The van der Waals surface area contributed by atoms with Gasteiger partial charge in [-0.2, -0.15) is 18.4 Å². The lowest BCUT2D eigenvalue weighted by molar-refractivity contribution is -0.276. The number of ether oxygens (including phenoxy) is 1. The van der Waals surface area contributed by atoms with Gasteiger partial charge < -0.3 is 10.5 Å². The van der Waals surface area contributed by atoms with Crippen molar-refractivity contribution in [3.8, 4) is 11.8 Å². The molecule has 0 aliphatic heterocycles. The standard InChI is InChI=1S/C10H7F6N3O/c11-9(12,13)8-5(1-2-17)6(3-18)19-4-7(8)20-10(14,15)16/h4H,1,3,18H2. The quantitative estimate of drug-likeness (QED) is 0.870. The van der Waals surface area contributed by atoms with Crippen molar-refractivity contribution in [3.63, 3.8) is 0 Å². The van der Waals surface area contributed by atoms with Gasteiger partial charge in [0.2, 0.25) is 0 Å². The second-order valence-corrected chi connectivity index (χ2v) is 3.51. The fourth-order valence-electron chi connectivity index (χ4n) is 1.53. The van der Waals surface area contributed by atoms with Crippen LogP contribution >= 0.6 is 0 Å². The number of rotatable bonds is 3. The fourth-order valence-corrected chi connectivity index (χ4v) is 1.53. The SMILES string of the molecule is N#CCc1c(CN)ncc(OC(F)(F)F)c1C(F)(F)F. The van der Waals surface area contributed by atoms with Crippen molar-refractivity contribution < 1.29 is 31.1 Å². The molecule has 0 unspecified atom stereocenters. The van der Waals surface area contributed by atoms with E-state index in [1.807, 2.05) is 0 Å². The lowest BCUT2D eigenvalue weighted by Crippen LogP contribution is -2.23. The molecule has 0 saturated heterocycles. The van der Waals surface area contributed by atoms with E-state index in [1.54, 1.807) is 0 Å². The number of pyridine rings is 1. The first kappa shape index (κ1) is 16.0. The van der Waals surface area contributed by atoms with Crippen molar-refractivity contribution in [2.24, 2.45) is 5.73 Å². The first-order valence-electron chi connectivity index (χ1n) is 5.01. The monoisotopic (exact) mass is 299 g/mol. The molecule has 0 fully saturated rings. The summed E-state index contributed by atoms with van der Waals surface area (Å²) in [6.45, 7) is -0.452. The average molecular weight is 299 g/mol. The molecule has 0 atom stereocenters. The summed E-state index contributed by atoms with van der Waals surface area (Å²) in [4.78, 5) is 3.37. The van der Waals surface area contributed by atoms with Gasteiger partial charge in [-0.15, -0.1) is 13.2 Å². The Kier molecular flexibility index (Phi) is 4.44. The molecule has 0 saturated carbocycles. The number of halogens is 6. The number of alkyl halides is 6. The Balaban J connectivity index is 3.54. The van der Waals surface area contributed by atoms with E-state index in [0.717, 1.165) is 0 Å². The molecule has 10 heteroatoms. The minimum absolute atomic E-state index is 0.291. The molecule has 1 aromatic heterocycles. The summed E-state index contributed by atoms with van der Waals surface area (Å²) < 4.78 is 78.3. The molecule has 1 rings (SSSR count). The lowest BCUT2D eigenvalue weighted by atomic mass is 10.0. The normalized spacial score (nSPS) is 12.1. The third kappa shape index (κ3) is 3.74. The van der Waals surface area contributed by atoms with Gasteiger partial charge in [0, 0.05) is 12.1 Å². The van der Waals surface area contributed by atoms with Gasteiger partial charge in [-0.05, 0) is 0 Å². The number of nitriles is 1. The third-order valence-corrected chi connectivity index (χ3v) is 2.19. The summed E-state index contributed by atoms with van der Waals surface area (Å²) in [7, 11) is 0. The highest BCUT2D eigenvalue weighted by Gasteiger charge is 2.42. The Labute approximate surface area is 108 Å². The van der Waals surface area contributed by atoms with Crippen LogP contribution in [0.4, 0.5) is 26.3 Å². The topological polar surface area (TPSA) is 71.9 Å². The zero-order chi connectivity index (χ0) is 15.6. The highest BCUT2D eigenvalue weighted by Crippen LogP contribution is 2.41. The zero-order valence-electron chi connectivity index (χ0n) is 9.64. The molecule has 4 nitrogen and oxygen atoms in total. The van der Waals surface area contributed by atoms with E-state index in [1.165, 1.54) is 6.07 Å². The van der Waals surface area contributed by atoms with Crippen LogP contribution in [0.1, 0.15) is 16.8 Å². The zero-order valence-corrected chi connectivity index (χ0v) is 9.64. The smallest absolute Gasteiger partial charge is 0.403 e. The van der Waals surface area contributed by atoms with Gasteiger partial charge in [-0.1, -0.05) is 0 Å². The van der Waals surface area contributed by atoms with E-state index in [0.29, 0.717) is 6.20 Å². The van der Waals surface area contributed by atoms with E-state index in [4.69, 9.17) is 11.0 Å². The highest BCUT2D eigenvalue weighted by atomic mass is 19.4. The van der Waals surface area contributed by atoms with Crippen LogP contribution in [-0.4, -0.2) is 11.3 Å². The molecular weight excluding hydrogens is 292 g/mol. The van der Waals surface area contributed by atoms with Crippen LogP contribution in [0, 0.1) is 11.3 Å². The van der Waals surface area contributed by atoms with Crippen LogP contribution < -0.4 is 10.5 Å². The van der Waals surface area contributed by atoms with Crippen molar-refractivity contribution in [2.75, 3.05) is 0 Å². The molecule has 20 heavy (non-hydrogen) atoms. The van der Waals surface area contributed by atoms with Crippen LogP contribution in [0.3, 0.4) is 0 Å². The lowest BCUT2D eigenvalue weighted by Gasteiger charge is -2.19. The van der Waals surface area contributed by atoms with Gasteiger partial charge in [0.25, 0.3) is 0 Å². The molecule has 2 N–H and O–H groups in total. The van der Waals surface area contributed by atoms with Gasteiger partial charge in [-0.3, -0.25) is 4.98 Å². The maximum Gasteiger partial charge on any atom is 0.573 e. The van der Waals surface area contributed by atoms with E-state index >= 15 is 0 Å². The Bertz CT molecular complexity index is 532. The van der Waals surface area contributed by atoms with Crippen LogP contribution in [0.25, 0.3) is 0 Å². The van der Waals surface area contributed by atoms with Gasteiger partial charge in [0.15, 0.2) is 5.75 Å². The summed E-state index contributed by atoms with van der Waals surface area (Å²) in [6.07, 6.45) is -10.9. The molecule has 0 spiro atoms. The largest absolute Gasteiger partial charge is 0.573 e. The van der Waals surface area contributed by atoms with E-state index in [2.05, 4.69) is 9.72 Å². The molecule has 0 aliphatic carbocycles. The Hall–Kier alpha value is -2.02. The first-order valence-corrected chi connectivity index (χ1v) is 5.01. The third-order valence-electron chi connectivity index (χ3n) is 2.19. The number of nitrogens with zero attached hydrogens (tertiary/aromatic N) is 2. The maximum absolute atomic E-state index is 12.9. The number of hydrogen-bond donors (Lipinski definition) is 1. The van der Waals surface area contributed by atoms with Crippen molar-refractivity contribution in [1.82, 2.24) is 4.98 Å². The summed E-state index contributed by atoms with van der Waals surface area (Å²) in [5, 5.41) is 8.50. The second kappa shape index (κ2) is 5.54. The second-order valence-electron chi connectivity index (χ2n) is 3.51. The van der Waals surface area contributed by atoms with Crippen molar-refractivity contribution >= 4 is 0 Å². The maximum atomic E-state index is 12.9. The molecule has 110 valence electrons. The van der Waals surface area contributed by atoms with Gasteiger partial charge >= 0.3 is 12.5 Å². The van der Waals surface area contributed by atoms with Crippen LogP contribution in [-0.2, 0) is 19.1 Å². The van der Waals surface area contributed by atoms with Crippen molar-refractivity contribution in [3.05, 3.63) is 23.0 Å². The summed E-state index contributed by atoms with van der Waals surface area (Å²) in [5.74, 6) is -1.51. The molecule has 1 aromatic rings. The predicted molar refractivity (Wildman–Crippen MR) is 53.1 cm³/mol. The van der Waals surface area contributed by atoms with E-state index in [9.17, 15) is 26.3 Å². The number of hydrogen-bond acceptors (Lipinski definition) is 4. The average Bonchev–Trinajstić information content (AvgIpc) is 2.25. The summed E-state index contributed by atoms with van der Waals surface area (Å²) in [5.41, 5.74) is 2.45. The fraction of sp³-hybridized carbons (Fsp3) is 0.400. The molecule has 0 aromatic carbocycles. The summed E-state index contributed by atoms with van der Waals surface area (Å²) >= 11 is 0. The molecular formula is C10H7F6N3O. The minimum Gasteiger partial charge on any atom is -0.403 e. The van der Waals surface area contributed by atoms with E-state index < -0.39 is 42.4 Å². The predicted octanol–water partition coefficient (Wildman–Crippen LogP) is 2.52. The minimum atomic E-state index is -5.31. The Morgan fingerprint density at radius 2 is 1.85 bits per heavy atom.